The largest absolute Gasteiger partial charge is 0.481 e. The van der Waals surface area contributed by atoms with Crippen LogP contribution in [0.5, 0.6) is 0 Å². The zero-order valence-electron chi connectivity index (χ0n) is 10.9. The second kappa shape index (κ2) is 6.70. The highest BCUT2D eigenvalue weighted by atomic mass is 32.1. The van der Waals surface area contributed by atoms with Gasteiger partial charge in [0.1, 0.15) is 0 Å². The van der Waals surface area contributed by atoms with Crippen molar-refractivity contribution in [2.24, 2.45) is 0 Å². The number of hydrogen-bond donors (Lipinski definition) is 1. The summed E-state index contributed by atoms with van der Waals surface area (Å²) in [5, 5.41) is 10.8. The lowest BCUT2D eigenvalue weighted by molar-refractivity contribution is -0.138. The molecule has 0 unspecified atom stereocenters. The van der Waals surface area contributed by atoms with Crippen molar-refractivity contribution in [3.05, 3.63) is 22.4 Å². The number of hydrogen-bond acceptors (Lipinski definition) is 3. The van der Waals surface area contributed by atoms with Gasteiger partial charge in [-0.05, 0) is 37.1 Å². The molecule has 0 saturated heterocycles. The molecular formula is C14H19NO3S. The van der Waals surface area contributed by atoms with Gasteiger partial charge in [-0.1, -0.05) is 6.07 Å². The first-order valence-electron chi connectivity index (χ1n) is 6.70. The van der Waals surface area contributed by atoms with E-state index in [2.05, 4.69) is 6.07 Å². The number of aliphatic carboxylic acids is 1. The van der Waals surface area contributed by atoms with Gasteiger partial charge in [-0.2, -0.15) is 0 Å². The Balaban J connectivity index is 1.74. The van der Waals surface area contributed by atoms with Crippen molar-refractivity contribution in [1.29, 1.82) is 0 Å². The van der Waals surface area contributed by atoms with E-state index in [0.717, 1.165) is 25.7 Å². The third-order valence-electron chi connectivity index (χ3n) is 3.27. The van der Waals surface area contributed by atoms with Crippen molar-refractivity contribution in [3.63, 3.8) is 0 Å². The van der Waals surface area contributed by atoms with Gasteiger partial charge in [0.2, 0.25) is 5.91 Å². The molecule has 104 valence electrons. The average molecular weight is 281 g/mol. The molecule has 1 amide bonds. The first kappa shape index (κ1) is 14.1. The Bertz CT molecular complexity index is 426. The molecule has 1 aliphatic carbocycles. The molecule has 19 heavy (non-hydrogen) atoms. The van der Waals surface area contributed by atoms with Crippen LogP contribution in [0.15, 0.2) is 17.5 Å². The van der Waals surface area contributed by atoms with Crippen molar-refractivity contribution in [2.45, 2.75) is 44.6 Å². The highest BCUT2D eigenvalue weighted by Crippen LogP contribution is 2.28. The van der Waals surface area contributed by atoms with E-state index in [0.29, 0.717) is 19.0 Å². The van der Waals surface area contributed by atoms with Crippen molar-refractivity contribution in [3.8, 4) is 0 Å². The van der Waals surface area contributed by atoms with Crippen LogP contribution in [-0.2, 0) is 16.0 Å². The highest BCUT2D eigenvalue weighted by molar-refractivity contribution is 7.09. The number of carbonyl (C=O) groups excluding carboxylic acids is 1. The van der Waals surface area contributed by atoms with Crippen LogP contribution in [0, 0.1) is 0 Å². The molecule has 0 aliphatic heterocycles. The molecule has 2 rings (SSSR count). The normalized spacial score (nSPS) is 14.3. The van der Waals surface area contributed by atoms with E-state index in [1.807, 2.05) is 11.4 Å². The SMILES string of the molecule is O=C(O)CCN(C(=O)CCCc1cccs1)C1CC1. The van der Waals surface area contributed by atoms with Gasteiger partial charge in [0.15, 0.2) is 0 Å². The van der Waals surface area contributed by atoms with Gasteiger partial charge in [0.05, 0.1) is 6.42 Å². The maximum atomic E-state index is 12.1. The third kappa shape index (κ3) is 4.67. The van der Waals surface area contributed by atoms with Crippen LogP contribution in [0.2, 0.25) is 0 Å². The van der Waals surface area contributed by atoms with Gasteiger partial charge >= 0.3 is 5.97 Å². The molecule has 4 nitrogen and oxygen atoms in total. The van der Waals surface area contributed by atoms with E-state index in [-0.39, 0.29) is 12.3 Å². The molecule has 1 aromatic heterocycles. The first-order valence-corrected chi connectivity index (χ1v) is 7.58. The first-order chi connectivity index (χ1) is 9.16. The number of aryl methyl sites for hydroxylation is 1. The highest BCUT2D eigenvalue weighted by Gasteiger charge is 2.32. The minimum absolute atomic E-state index is 0.0488. The van der Waals surface area contributed by atoms with Crippen LogP contribution in [0.4, 0.5) is 0 Å². The van der Waals surface area contributed by atoms with E-state index in [4.69, 9.17) is 5.11 Å². The van der Waals surface area contributed by atoms with Crippen LogP contribution < -0.4 is 0 Å². The molecular weight excluding hydrogens is 262 g/mol. The molecule has 1 aliphatic rings. The topological polar surface area (TPSA) is 57.6 Å². The van der Waals surface area contributed by atoms with Gasteiger partial charge in [-0.25, -0.2) is 0 Å². The van der Waals surface area contributed by atoms with Crippen LogP contribution >= 0.6 is 11.3 Å². The Morgan fingerprint density at radius 3 is 2.74 bits per heavy atom. The summed E-state index contributed by atoms with van der Waals surface area (Å²) in [7, 11) is 0. The number of nitrogens with zero attached hydrogens (tertiary/aromatic N) is 1. The summed E-state index contributed by atoms with van der Waals surface area (Å²) in [5.41, 5.74) is 0. The smallest absolute Gasteiger partial charge is 0.305 e. The minimum atomic E-state index is -0.836. The van der Waals surface area contributed by atoms with Crippen LogP contribution in [-0.4, -0.2) is 34.5 Å². The van der Waals surface area contributed by atoms with Gasteiger partial charge in [-0.3, -0.25) is 9.59 Å². The number of rotatable bonds is 8. The lowest BCUT2D eigenvalue weighted by Gasteiger charge is -2.21. The Labute approximate surface area is 117 Å². The van der Waals surface area contributed by atoms with E-state index >= 15 is 0 Å². The fourth-order valence-corrected chi connectivity index (χ4v) is 2.88. The number of carboxylic acids is 1. The van der Waals surface area contributed by atoms with Gasteiger partial charge in [-0.15, -0.1) is 11.3 Å². The van der Waals surface area contributed by atoms with E-state index in [9.17, 15) is 9.59 Å². The van der Waals surface area contributed by atoms with Gasteiger partial charge in [0, 0.05) is 23.9 Å². The second-order valence-corrected chi connectivity index (χ2v) is 5.93. The van der Waals surface area contributed by atoms with Crippen LogP contribution in [0.3, 0.4) is 0 Å². The summed E-state index contributed by atoms with van der Waals surface area (Å²) < 4.78 is 0. The molecule has 0 radical (unpaired) electrons. The molecule has 1 saturated carbocycles. The summed E-state index contributed by atoms with van der Waals surface area (Å²) in [6.45, 7) is 0.359. The third-order valence-corrected chi connectivity index (χ3v) is 4.20. The van der Waals surface area contributed by atoms with E-state index in [1.165, 1.54) is 4.88 Å². The molecule has 1 heterocycles. The Morgan fingerprint density at radius 1 is 1.37 bits per heavy atom. The van der Waals surface area contributed by atoms with Crippen molar-refractivity contribution >= 4 is 23.2 Å². The molecule has 0 aromatic carbocycles. The van der Waals surface area contributed by atoms with Crippen molar-refractivity contribution in [1.82, 2.24) is 4.90 Å². The summed E-state index contributed by atoms with van der Waals surface area (Å²) >= 11 is 1.71. The Morgan fingerprint density at radius 2 is 2.16 bits per heavy atom. The molecule has 0 bridgehead atoms. The van der Waals surface area contributed by atoms with Gasteiger partial charge < -0.3 is 10.0 Å². The van der Waals surface area contributed by atoms with Crippen LogP contribution in [0.1, 0.15) is 37.0 Å². The van der Waals surface area contributed by atoms with Crippen LogP contribution in [0.25, 0.3) is 0 Å². The van der Waals surface area contributed by atoms with Crippen molar-refractivity contribution < 1.29 is 14.7 Å². The molecule has 0 atom stereocenters. The maximum absolute atomic E-state index is 12.1. The summed E-state index contributed by atoms with van der Waals surface area (Å²) in [6.07, 6.45) is 4.39. The van der Waals surface area contributed by atoms with E-state index < -0.39 is 5.97 Å². The Kier molecular flexibility index (Phi) is 4.96. The molecule has 1 fully saturated rings. The minimum Gasteiger partial charge on any atom is -0.481 e. The monoisotopic (exact) mass is 281 g/mol. The zero-order chi connectivity index (χ0) is 13.7. The standard InChI is InChI=1S/C14H19NO3S/c16-13(5-1-3-12-4-2-10-19-12)15(11-6-7-11)9-8-14(17)18/h2,4,10-11H,1,3,5-9H2,(H,17,18). The van der Waals surface area contributed by atoms with E-state index in [1.54, 1.807) is 16.2 Å². The van der Waals surface area contributed by atoms with Gasteiger partial charge in [0.25, 0.3) is 0 Å². The molecule has 1 N–H and O–H groups in total. The summed E-state index contributed by atoms with van der Waals surface area (Å²) in [4.78, 5) is 25.8. The number of carboxylic acid groups (broad SMARTS) is 1. The molecule has 0 spiro atoms. The zero-order valence-corrected chi connectivity index (χ0v) is 11.7. The lowest BCUT2D eigenvalue weighted by atomic mass is 10.2. The predicted octanol–water partition coefficient (Wildman–Crippen LogP) is 2.54. The lowest BCUT2D eigenvalue weighted by Crippen LogP contribution is -2.34. The fourth-order valence-electron chi connectivity index (χ4n) is 2.13. The maximum Gasteiger partial charge on any atom is 0.305 e. The number of amides is 1. The fraction of sp³-hybridized carbons (Fsp3) is 0.571. The molecule has 5 heteroatoms. The number of carbonyl (C=O) groups is 2. The predicted molar refractivity (Wildman–Crippen MR) is 74.2 cm³/mol. The summed E-state index contributed by atoms with van der Waals surface area (Å²) in [6, 6.07) is 4.40. The van der Waals surface area contributed by atoms with Crippen molar-refractivity contribution in [2.75, 3.05) is 6.54 Å². The second-order valence-electron chi connectivity index (χ2n) is 4.89. The average Bonchev–Trinajstić information content (AvgIpc) is 3.06. The Hall–Kier alpha value is -1.36. The molecule has 1 aromatic rings. The number of thiophene rings is 1. The summed E-state index contributed by atoms with van der Waals surface area (Å²) in [5.74, 6) is -0.725. The quantitative estimate of drug-likeness (QED) is 0.796.